The van der Waals surface area contributed by atoms with Crippen molar-refractivity contribution in [3.8, 4) is 0 Å². The molecule has 0 aliphatic heterocycles. The topological polar surface area (TPSA) is 84.2 Å². The van der Waals surface area contributed by atoms with Crippen LogP contribution in [0.3, 0.4) is 0 Å². The number of rotatable bonds is 3. The van der Waals surface area contributed by atoms with Crippen LogP contribution in [0.4, 0.5) is 16.2 Å². The number of urea groups is 1. The van der Waals surface area contributed by atoms with Crippen molar-refractivity contribution in [3.05, 3.63) is 56.1 Å². The number of carbonyl (C=O) groups is 2. The van der Waals surface area contributed by atoms with Gasteiger partial charge in [-0.2, -0.15) is 0 Å². The monoisotopic (exact) mass is 459 g/mol. The van der Waals surface area contributed by atoms with Gasteiger partial charge in [-0.25, -0.2) is 4.79 Å². The lowest BCUT2D eigenvalue weighted by molar-refractivity contribution is 0.102. The minimum absolute atomic E-state index is 0.225. The third-order valence-electron chi connectivity index (χ3n) is 2.56. The first kappa shape index (κ1) is 15.8. The van der Waals surface area contributed by atoms with Crippen molar-refractivity contribution < 1.29 is 9.59 Å². The third kappa shape index (κ3) is 4.43. The zero-order chi connectivity index (χ0) is 15.4. The lowest BCUT2D eigenvalue weighted by Crippen LogP contribution is -2.19. The summed E-state index contributed by atoms with van der Waals surface area (Å²) in [4.78, 5) is 23.1. The number of nitrogens with two attached hydrogens (primary N) is 1. The van der Waals surface area contributed by atoms with Crippen molar-refractivity contribution in [2.75, 3.05) is 10.6 Å². The minimum Gasteiger partial charge on any atom is -0.351 e. The molecule has 0 aliphatic carbocycles. The summed E-state index contributed by atoms with van der Waals surface area (Å²) in [6, 6.07) is 11.6. The van der Waals surface area contributed by atoms with E-state index in [1.165, 1.54) is 0 Å². The highest BCUT2D eigenvalue weighted by molar-refractivity contribution is 14.1. The van der Waals surface area contributed by atoms with Crippen LogP contribution in [0.15, 0.2) is 46.9 Å². The van der Waals surface area contributed by atoms with Crippen molar-refractivity contribution in [3.63, 3.8) is 0 Å². The first-order valence-electron chi connectivity index (χ1n) is 5.88. The van der Waals surface area contributed by atoms with Gasteiger partial charge in [0, 0.05) is 19.4 Å². The summed E-state index contributed by atoms with van der Waals surface area (Å²) in [5, 5.41) is 5.24. The fourth-order valence-electron chi connectivity index (χ4n) is 1.69. The van der Waals surface area contributed by atoms with Gasteiger partial charge in [-0.1, -0.05) is 22.0 Å². The molecule has 0 heterocycles. The normalized spacial score (nSPS) is 10.0. The molecule has 0 atom stereocenters. The van der Waals surface area contributed by atoms with Crippen molar-refractivity contribution in [1.82, 2.24) is 0 Å². The second kappa shape index (κ2) is 6.90. The number of carbonyl (C=O) groups excluding carboxylic acids is 2. The number of hydrogen-bond donors (Lipinski definition) is 3. The summed E-state index contributed by atoms with van der Waals surface area (Å²) >= 11 is 5.45. The molecular formula is C14H11BrIN3O2. The van der Waals surface area contributed by atoms with Crippen LogP contribution in [-0.2, 0) is 0 Å². The molecule has 0 radical (unpaired) electrons. The van der Waals surface area contributed by atoms with Crippen LogP contribution in [0.2, 0.25) is 0 Å². The Morgan fingerprint density at radius 3 is 2.38 bits per heavy atom. The standard InChI is InChI=1S/C14H11BrIN3O2/c15-8-4-5-12(16)11(6-8)13(20)18-9-2-1-3-10(7-9)19-14(17)21/h1-7H,(H,18,20)(H3,17,19,21). The van der Waals surface area contributed by atoms with E-state index in [1.807, 2.05) is 12.1 Å². The summed E-state index contributed by atoms with van der Waals surface area (Å²) in [5.41, 5.74) is 6.72. The molecule has 5 nitrogen and oxygen atoms in total. The molecule has 108 valence electrons. The SMILES string of the molecule is NC(=O)Nc1cccc(NC(=O)c2cc(Br)ccc2I)c1. The average molecular weight is 460 g/mol. The lowest BCUT2D eigenvalue weighted by atomic mass is 10.2. The molecule has 3 amide bonds. The largest absolute Gasteiger partial charge is 0.351 e. The molecule has 0 fully saturated rings. The maximum absolute atomic E-state index is 12.3. The van der Waals surface area contributed by atoms with Gasteiger partial charge in [0.1, 0.15) is 0 Å². The van der Waals surface area contributed by atoms with Gasteiger partial charge >= 0.3 is 6.03 Å². The van der Waals surface area contributed by atoms with Crippen LogP contribution >= 0.6 is 38.5 Å². The van der Waals surface area contributed by atoms with E-state index in [9.17, 15) is 9.59 Å². The van der Waals surface area contributed by atoms with Gasteiger partial charge in [0.2, 0.25) is 0 Å². The Hall–Kier alpha value is -1.61. The van der Waals surface area contributed by atoms with Gasteiger partial charge in [-0.15, -0.1) is 0 Å². The van der Waals surface area contributed by atoms with E-state index in [1.54, 1.807) is 30.3 Å². The van der Waals surface area contributed by atoms with Crippen LogP contribution in [-0.4, -0.2) is 11.9 Å². The molecule has 0 saturated carbocycles. The maximum atomic E-state index is 12.3. The van der Waals surface area contributed by atoms with E-state index in [2.05, 4.69) is 49.2 Å². The molecule has 21 heavy (non-hydrogen) atoms. The van der Waals surface area contributed by atoms with E-state index in [0.717, 1.165) is 8.04 Å². The zero-order valence-corrected chi connectivity index (χ0v) is 14.4. The summed E-state index contributed by atoms with van der Waals surface area (Å²) in [6.45, 7) is 0. The molecule has 4 N–H and O–H groups in total. The predicted molar refractivity (Wildman–Crippen MR) is 94.5 cm³/mol. The van der Waals surface area contributed by atoms with E-state index < -0.39 is 6.03 Å². The highest BCUT2D eigenvalue weighted by Crippen LogP contribution is 2.21. The molecular weight excluding hydrogens is 449 g/mol. The highest BCUT2D eigenvalue weighted by Gasteiger charge is 2.11. The van der Waals surface area contributed by atoms with Crippen LogP contribution in [0.1, 0.15) is 10.4 Å². The molecule has 2 rings (SSSR count). The van der Waals surface area contributed by atoms with Crippen molar-refractivity contribution in [2.24, 2.45) is 5.73 Å². The Morgan fingerprint density at radius 1 is 1.05 bits per heavy atom. The average Bonchev–Trinajstić information content (AvgIpc) is 2.41. The van der Waals surface area contributed by atoms with Gasteiger partial charge in [-0.05, 0) is 59.0 Å². The van der Waals surface area contributed by atoms with Crippen LogP contribution in [0, 0.1) is 3.57 Å². The number of nitrogens with one attached hydrogen (secondary N) is 2. The number of benzene rings is 2. The molecule has 0 aromatic heterocycles. The fourth-order valence-corrected chi connectivity index (χ4v) is 2.63. The number of halogens is 2. The van der Waals surface area contributed by atoms with Gasteiger partial charge in [0.25, 0.3) is 5.91 Å². The number of hydrogen-bond acceptors (Lipinski definition) is 2. The molecule has 0 bridgehead atoms. The number of primary amides is 1. The second-order valence-electron chi connectivity index (χ2n) is 4.15. The predicted octanol–water partition coefficient (Wildman–Crippen LogP) is 3.80. The summed E-state index contributed by atoms with van der Waals surface area (Å²) in [6.07, 6.45) is 0. The Morgan fingerprint density at radius 2 is 1.71 bits per heavy atom. The fraction of sp³-hybridized carbons (Fsp3) is 0. The van der Waals surface area contributed by atoms with E-state index >= 15 is 0 Å². The summed E-state index contributed by atoms with van der Waals surface area (Å²) in [5.74, 6) is -0.225. The second-order valence-corrected chi connectivity index (χ2v) is 6.23. The third-order valence-corrected chi connectivity index (χ3v) is 3.99. The molecule has 2 aromatic carbocycles. The Balaban J connectivity index is 2.19. The Bertz CT molecular complexity index is 706. The quantitative estimate of drug-likeness (QED) is 0.610. The smallest absolute Gasteiger partial charge is 0.316 e. The first-order valence-corrected chi connectivity index (χ1v) is 7.76. The Kier molecular flexibility index (Phi) is 5.18. The maximum Gasteiger partial charge on any atom is 0.316 e. The van der Waals surface area contributed by atoms with Crippen LogP contribution < -0.4 is 16.4 Å². The molecule has 0 unspecified atom stereocenters. The first-order chi connectivity index (χ1) is 9.95. The summed E-state index contributed by atoms with van der Waals surface area (Å²) in [7, 11) is 0. The van der Waals surface area contributed by atoms with Crippen LogP contribution in [0.5, 0.6) is 0 Å². The highest BCUT2D eigenvalue weighted by atomic mass is 127. The van der Waals surface area contributed by atoms with Gasteiger partial charge in [-0.3, -0.25) is 4.79 Å². The lowest BCUT2D eigenvalue weighted by Gasteiger charge is -2.09. The van der Waals surface area contributed by atoms with Gasteiger partial charge in [0.05, 0.1) is 5.56 Å². The van der Waals surface area contributed by atoms with Gasteiger partial charge in [0.15, 0.2) is 0 Å². The van der Waals surface area contributed by atoms with E-state index in [0.29, 0.717) is 16.9 Å². The van der Waals surface area contributed by atoms with Crippen molar-refractivity contribution in [1.29, 1.82) is 0 Å². The van der Waals surface area contributed by atoms with Gasteiger partial charge < -0.3 is 16.4 Å². The van der Waals surface area contributed by atoms with E-state index in [-0.39, 0.29) is 5.91 Å². The molecule has 0 aliphatic rings. The van der Waals surface area contributed by atoms with Crippen LogP contribution in [0.25, 0.3) is 0 Å². The van der Waals surface area contributed by atoms with Crippen molar-refractivity contribution >= 4 is 61.8 Å². The molecule has 0 spiro atoms. The minimum atomic E-state index is -0.653. The molecule has 0 saturated heterocycles. The summed E-state index contributed by atoms with van der Waals surface area (Å²) < 4.78 is 1.68. The zero-order valence-electron chi connectivity index (χ0n) is 10.7. The van der Waals surface area contributed by atoms with Crippen molar-refractivity contribution in [2.45, 2.75) is 0 Å². The number of anilines is 2. The Labute approximate surface area is 143 Å². The van der Waals surface area contributed by atoms with E-state index in [4.69, 9.17) is 5.73 Å². The number of amides is 3. The molecule has 2 aromatic rings. The molecule has 7 heteroatoms.